The molecule has 0 aliphatic carbocycles. The molecule has 3 saturated heterocycles. The molecule has 6 rings (SSSR count). The first-order chi connectivity index (χ1) is 27.1. The summed E-state index contributed by atoms with van der Waals surface area (Å²) in [4.78, 5) is 62.5. The average Bonchev–Trinajstić information content (AvgIpc) is 3.82. The molecule has 296 valence electrons. The fourth-order valence-corrected chi connectivity index (χ4v) is 9.63. The van der Waals surface area contributed by atoms with E-state index < -0.39 is 72.0 Å². The average molecular weight is 828 g/mol. The van der Waals surface area contributed by atoms with Crippen LogP contribution in [0.1, 0.15) is 56.3 Å². The number of likely N-dealkylation sites (tertiary alicyclic amines) is 1. The summed E-state index contributed by atoms with van der Waals surface area (Å²) >= 11 is 3.78. The van der Waals surface area contributed by atoms with Gasteiger partial charge in [0.1, 0.15) is 18.2 Å². The third-order valence-corrected chi connectivity index (χ3v) is 12.2. The van der Waals surface area contributed by atoms with Crippen molar-refractivity contribution < 1.29 is 33.8 Å². The lowest BCUT2D eigenvalue weighted by molar-refractivity contribution is -0.146. The van der Waals surface area contributed by atoms with Gasteiger partial charge in [-0.25, -0.2) is 0 Å². The minimum absolute atomic E-state index is 0.122. The van der Waals surface area contributed by atoms with Gasteiger partial charge in [-0.05, 0) is 62.1 Å². The molecule has 2 bridgehead atoms. The number of carbonyl (C=O) groups is 4. The van der Waals surface area contributed by atoms with Crippen LogP contribution < -0.4 is 15.1 Å². The lowest BCUT2D eigenvalue weighted by Crippen LogP contribution is -2.57. The van der Waals surface area contributed by atoms with Crippen LogP contribution in [0.3, 0.4) is 0 Å². The number of rotatable bonds is 18. The number of alkyl halides is 1. The number of aliphatic hydroxyl groups is 1. The van der Waals surface area contributed by atoms with E-state index in [1.165, 1.54) is 4.90 Å². The first-order valence-corrected chi connectivity index (χ1v) is 20.2. The third-order valence-electron chi connectivity index (χ3n) is 11.3. The number of halogens is 1. The number of ether oxygens (including phenoxy) is 2. The summed E-state index contributed by atoms with van der Waals surface area (Å²) in [5, 5.41) is 14.1. The predicted octanol–water partition coefficient (Wildman–Crippen LogP) is 5.90. The summed E-state index contributed by atoms with van der Waals surface area (Å²) < 4.78 is 12.4. The zero-order valence-corrected chi connectivity index (χ0v) is 33.6. The van der Waals surface area contributed by atoms with Gasteiger partial charge in [-0.3, -0.25) is 19.2 Å². The van der Waals surface area contributed by atoms with E-state index in [0.29, 0.717) is 17.7 Å². The van der Waals surface area contributed by atoms with Crippen LogP contribution in [-0.2, 0) is 28.7 Å². The van der Waals surface area contributed by atoms with Gasteiger partial charge < -0.3 is 34.6 Å². The van der Waals surface area contributed by atoms with E-state index in [2.05, 4.69) is 53.2 Å². The molecule has 3 fully saturated rings. The van der Waals surface area contributed by atoms with E-state index in [9.17, 15) is 14.7 Å². The summed E-state index contributed by atoms with van der Waals surface area (Å²) in [5.74, 6) is -3.78. The van der Waals surface area contributed by atoms with Gasteiger partial charge in [0.05, 0.1) is 36.6 Å². The van der Waals surface area contributed by atoms with Crippen LogP contribution in [0.15, 0.2) is 110 Å². The number of hydrogen-bond acceptors (Lipinski definition) is 8. The summed E-state index contributed by atoms with van der Waals surface area (Å²) in [6.07, 6.45) is 3.43. The van der Waals surface area contributed by atoms with Crippen LogP contribution in [0.4, 0.5) is 11.4 Å². The lowest BCUT2D eigenvalue weighted by Gasteiger charge is -2.39. The van der Waals surface area contributed by atoms with Crippen molar-refractivity contribution in [3.8, 4) is 0 Å². The van der Waals surface area contributed by atoms with Gasteiger partial charge in [0.2, 0.25) is 11.8 Å². The second kappa shape index (κ2) is 18.0. The maximum absolute atomic E-state index is 15.3. The van der Waals surface area contributed by atoms with E-state index in [4.69, 9.17) is 9.47 Å². The Bertz CT molecular complexity index is 1870. The number of nitrogens with one attached hydrogen (secondary N) is 1. The zero-order chi connectivity index (χ0) is 40.0. The van der Waals surface area contributed by atoms with E-state index in [1.807, 2.05) is 84.9 Å². The highest BCUT2D eigenvalue weighted by molar-refractivity contribution is 9.09. The van der Waals surface area contributed by atoms with Gasteiger partial charge in [-0.1, -0.05) is 88.7 Å². The molecule has 12 heteroatoms. The molecule has 3 aromatic rings. The highest BCUT2D eigenvalue weighted by atomic mass is 79.9. The molecule has 3 amide bonds. The molecule has 0 radical (unpaired) electrons. The fourth-order valence-electron chi connectivity index (χ4n) is 8.69. The Morgan fingerprint density at radius 1 is 0.982 bits per heavy atom. The topological polar surface area (TPSA) is 129 Å². The van der Waals surface area contributed by atoms with Crippen molar-refractivity contribution in [3.63, 3.8) is 0 Å². The number of aliphatic hydroxyl groups excluding tert-OH is 1. The van der Waals surface area contributed by atoms with Crippen LogP contribution in [0, 0.1) is 11.8 Å². The Hall–Kier alpha value is -4.78. The summed E-state index contributed by atoms with van der Waals surface area (Å²) in [6.45, 7) is 13.0. The number of carbonyl (C=O) groups excluding carboxylic acids is 4. The standard InChI is InChI=1S/C44H51BrN4O7/c1-5-9-20-36(51)55-28-34(29-16-12-10-13-17-29)46-41(52)37-38-42(53)49(35(27-50)30-18-14-11-15-19-30)40(44(38)26-33(45)39(37)56-44)43(54)48(25-6-2)32-23-21-31(22-24-32)47(7-3)8-4/h5-6,10-19,21-24,33-35,37-40,50H,1-2,7-9,20,25-28H2,3-4H3,(H,46,52)/t33?,34-,35+,37+,38-,39+,40+,44-/m0/s1. The van der Waals surface area contributed by atoms with Crippen LogP contribution in [-0.4, -0.2) is 89.1 Å². The molecular formula is C44H51BrN4O7. The smallest absolute Gasteiger partial charge is 0.306 e. The summed E-state index contributed by atoms with van der Waals surface area (Å²) in [6, 6.07) is 23.2. The van der Waals surface area contributed by atoms with Gasteiger partial charge in [0.15, 0.2) is 0 Å². The number of amides is 3. The molecule has 0 saturated carbocycles. The normalized spacial score (nSPS) is 24.5. The highest BCUT2D eigenvalue weighted by Gasteiger charge is 2.77. The Balaban J connectivity index is 1.39. The number of nitrogens with zero attached hydrogens (tertiary/aromatic N) is 3. The molecule has 8 atom stereocenters. The first-order valence-electron chi connectivity index (χ1n) is 19.3. The first kappa shape index (κ1) is 40.9. The van der Waals surface area contributed by atoms with Crippen molar-refractivity contribution in [1.29, 1.82) is 0 Å². The number of benzene rings is 3. The van der Waals surface area contributed by atoms with Crippen molar-refractivity contribution in [2.75, 3.05) is 42.6 Å². The third kappa shape index (κ3) is 7.79. The summed E-state index contributed by atoms with van der Waals surface area (Å²) in [7, 11) is 0. The van der Waals surface area contributed by atoms with Crippen molar-refractivity contribution in [1.82, 2.24) is 10.2 Å². The van der Waals surface area contributed by atoms with Gasteiger partial charge in [0, 0.05) is 42.3 Å². The van der Waals surface area contributed by atoms with E-state index in [-0.39, 0.29) is 30.8 Å². The Morgan fingerprint density at radius 3 is 2.20 bits per heavy atom. The predicted molar refractivity (Wildman–Crippen MR) is 219 cm³/mol. The molecule has 1 unspecified atom stereocenters. The van der Waals surface area contributed by atoms with Crippen molar-refractivity contribution in [2.24, 2.45) is 11.8 Å². The number of anilines is 2. The van der Waals surface area contributed by atoms with Crippen molar-refractivity contribution >= 4 is 51.0 Å². The zero-order valence-electron chi connectivity index (χ0n) is 32.0. The molecule has 1 spiro atoms. The van der Waals surface area contributed by atoms with Gasteiger partial charge in [0.25, 0.3) is 5.91 Å². The van der Waals surface area contributed by atoms with Crippen molar-refractivity contribution in [2.45, 2.75) is 67.8 Å². The largest absolute Gasteiger partial charge is 0.463 e. The Morgan fingerprint density at radius 2 is 1.61 bits per heavy atom. The molecule has 3 heterocycles. The minimum Gasteiger partial charge on any atom is -0.463 e. The maximum Gasteiger partial charge on any atom is 0.306 e. The number of fused-ring (bicyclic) bond motifs is 1. The Kier molecular flexibility index (Phi) is 13.1. The molecule has 3 aliphatic heterocycles. The number of allylic oxidation sites excluding steroid dienone is 1. The van der Waals surface area contributed by atoms with E-state index in [0.717, 1.165) is 24.3 Å². The highest BCUT2D eigenvalue weighted by Crippen LogP contribution is 2.61. The van der Waals surface area contributed by atoms with Crippen molar-refractivity contribution in [3.05, 3.63) is 121 Å². The minimum atomic E-state index is -1.41. The number of hydrogen-bond donors (Lipinski definition) is 2. The SMILES string of the molecule is C=CCCC(=O)OC[C@H](NC(=O)[C@H]1[C@@H]2O[C@@]3(CC2Br)[C@@H]1C(=O)N([C@H](CO)c1ccccc1)[C@@H]3C(=O)N(CC=C)c1ccc(N(CC)CC)cc1)c1ccccc1. The lowest BCUT2D eigenvalue weighted by atomic mass is 9.70. The van der Waals surface area contributed by atoms with Crippen LogP contribution in [0.5, 0.6) is 0 Å². The molecule has 0 aromatic heterocycles. The van der Waals surface area contributed by atoms with Crippen LogP contribution in [0.2, 0.25) is 0 Å². The Labute approximate surface area is 337 Å². The molecule has 3 aromatic carbocycles. The number of esters is 1. The monoisotopic (exact) mass is 826 g/mol. The molecule has 56 heavy (non-hydrogen) atoms. The molecular weight excluding hydrogens is 776 g/mol. The molecule has 3 aliphatic rings. The second-order valence-electron chi connectivity index (χ2n) is 14.4. The van der Waals surface area contributed by atoms with Gasteiger partial charge >= 0.3 is 5.97 Å². The van der Waals surface area contributed by atoms with E-state index in [1.54, 1.807) is 17.1 Å². The fraction of sp³-hybridized carbons (Fsp3) is 0.409. The molecule has 2 N–H and O–H groups in total. The van der Waals surface area contributed by atoms with Gasteiger partial charge in [-0.2, -0.15) is 0 Å². The van der Waals surface area contributed by atoms with E-state index >= 15 is 9.59 Å². The van der Waals surface area contributed by atoms with Gasteiger partial charge in [-0.15, -0.1) is 13.2 Å². The second-order valence-corrected chi connectivity index (χ2v) is 15.6. The maximum atomic E-state index is 15.3. The molecule has 11 nitrogen and oxygen atoms in total. The quantitative estimate of drug-likeness (QED) is 0.0923. The van der Waals surface area contributed by atoms with Crippen LogP contribution >= 0.6 is 15.9 Å². The summed E-state index contributed by atoms with van der Waals surface area (Å²) in [5.41, 5.74) is 1.58. The van der Waals surface area contributed by atoms with Crippen LogP contribution in [0.25, 0.3) is 0 Å².